The third kappa shape index (κ3) is 6.69. The lowest BCUT2D eigenvalue weighted by atomic mass is 9.94. The van der Waals surface area contributed by atoms with E-state index in [9.17, 15) is 4.79 Å². The van der Waals surface area contributed by atoms with Gasteiger partial charge in [0.1, 0.15) is 0 Å². The van der Waals surface area contributed by atoms with Crippen molar-refractivity contribution in [1.82, 2.24) is 0 Å². The van der Waals surface area contributed by atoms with Crippen molar-refractivity contribution in [2.24, 2.45) is 11.7 Å². The summed E-state index contributed by atoms with van der Waals surface area (Å²) in [5.41, 5.74) is 9.41. The van der Waals surface area contributed by atoms with Crippen LogP contribution in [-0.2, 0) is 16.0 Å². The number of esters is 1. The predicted molar refractivity (Wildman–Crippen MR) is 106 cm³/mol. The molecule has 0 aliphatic carbocycles. The van der Waals surface area contributed by atoms with Gasteiger partial charge in [0.25, 0.3) is 0 Å². The van der Waals surface area contributed by atoms with Gasteiger partial charge in [-0.3, -0.25) is 4.79 Å². The summed E-state index contributed by atoms with van der Waals surface area (Å²) in [6.45, 7) is 3.98. The predicted octanol–water partition coefficient (Wildman–Crippen LogP) is 4.93. The molecule has 2 atom stereocenters. The van der Waals surface area contributed by atoms with Gasteiger partial charge in [0, 0.05) is 17.4 Å². The van der Waals surface area contributed by atoms with Gasteiger partial charge in [-0.15, -0.1) is 11.6 Å². The number of carbonyl (C=O) groups excluding carboxylic acids is 1. The zero-order valence-electron chi connectivity index (χ0n) is 14.8. The minimum atomic E-state index is -0.317. The third-order valence-electron chi connectivity index (χ3n) is 3.88. The quantitative estimate of drug-likeness (QED) is 0.569. The van der Waals surface area contributed by atoms with Crippen LogP contribution >= 0.6 is 23.2 Å². The van der Waals surface area contributed by atoms with Crippen molar-refractivity contribution < 1.29 is 9.53 Å². The maximum absolute atomic E-state index is 11.7. The molecule has 5 heteroatoms. The number of benzene rings is 2. The van der Waals surface area contributed by atoms with Gasteiger partial charge >= 0.3 is 5.97 Å². The van der Waals surface area contributed by atoms with Crippen molar-refractivity contribution >= 4 is 29.2 Å². The molecule has 3 nitrogen and oxygen atoms in total. The van der Waals surface area contributed by atoms with Crippen molar-refractivity contribution in [3.05, 3.63) is 59.1 Å². The van der Waals surface area contributed by atoms with Gasteiger partial charge in [-0.2, -0.15) is 0 Å². The highest BCUT2D eigenvalue weighted by Crippen LogP contribution is 2.23. The first kappa shape index (κ1) is 21.5. The van der Waals surface area contributed by atoms with E-state index in [4.69, 9.17) is 22.1 Å². The molecule has 0 saturated heterocycles. The zero-order chi connectivity index (χ0) is 18.8. The highest BCUT2D eigenvalue weighted by Gasteiger charge is 2.22. The van der Waals surface area contributed by atoms with Crippen molar-refractivity contribution in [2.75, 3.05) is 13.0 Å². The molecule has 0 heterocycles. The molecule has 0 fully saturated rings. The second-order valence-electron chi connectivity index (χ2n) is 5.62. The molecule has 136 valence electrons. The summed E-state index contributed by atoms with van der Waals surface area (Å²) in [4.78, 5) is 11.7. The van der Waals surface area contributed by atoms with Crippen LogP contribution in [0.3, 0.4) is 0 Å². The van der Waals surface area contributed by atoms with Gasteiger partial charge in [-0.25, -0.2) is 0 Å². The van der Waals surface area contributed by atoms with Gasteiger partial charge in [-0.1, -0.05) is 54.9 Å². The standard InChI is InChI=1S/C19H22ClNO2.CH3Cl/c1-3-23-19(22)13(2)18(21)11-14-7-9-15(10-8-14)16-5-4-6-17(20)12-16;1-2/h4-10,12-13,18H,3,11,21H2,1-2H3;1H3/t13?,18-;/m1./s1. The molecule has 1 unspecified atom stereocenters. The maximum atomic E-state index is 11.7. The average Bonchev–Trinajstić information content (AvgIpc) is 2.63. The fourth-order valence-corrected chi connectivity index (χ4v) is 2.59. The fourth-order valence-electron chi connectivity index (χ4n) is 2.40. The lowest BCUT2D eigenvalue weighted by Gasteiger charge is -2.18. The number of nitrogens with two attached hydrogens (primary N) is 1. The van der Waals surface area contributed by atoms with Crippen LogP contribution < -0.4 is 5.73 Å². The van der Waals surface area contributed by atoms with E-state index in [0.29, 0.717) is 13.0 Å². The minimum absolute atomic E-state index is 0.240. The molecule has 2 rings (SSSR count). The van der Waals surface area contributed by atoms with E-state index in [-0.39, 0.29) is 17.9 Å². The Kier molecular flexibility index (Phi) is 9.58. The second kappa shape index (κ2) is 11.1. The van der Waals surface area contributed by atoms with E-state index >= 15 is 0 Å². The molecule has 0 saturated carbocycles. The highest BCUT2D eigenvalue weighted by atomic mass is 35.5. The number of rotatable bonds is 6. The second-order valence-corrected chi connectivity index (χ2v) is 6.05. The van der Waals surface area contributed by atoms with E-state index in [1.54, 1.807) is 6.92 Å². The first-order valence-corrected chi connectivity index (χ1v) is 9.29. The van der Waals surface area contributed by atoms with Crippen molar-refractivity contribution in [2.45, 2.75) is 26.3 Å². The first-order valence-electron chi connectivity index (χ1n) is 8.16. The van der Waals surface area contributed by atoms with E-state index in [0.717, 1.165) is 21.7 Å². The Hall–Kier alpha value is -1.55. The number of halogens is 2. The van der Waals surface area contributed by atoms with Crippen LogP contribution in [0.15, 0.2) is 48.5 Å². The summed E-state index contributed by atoms with van der Waals surface area (Å²) >= 11 is 10.7. The molecule has 0 aromatic heterocycles. The van der Waals surface area contributed by atoms with E-state index < -0.39 is 0 Å². The molecule has 2 N–H and O–H groups in total. The Morgan fingerprint density at radius 2 is 1.76 bits per heavy atom. The summed E-state index contributed by atoms with van der Waals surface area (Å²) in [7, 11) is 0. The molecule has 0 radical (unpaired) electrons. The molecule has 0 aliphatic rings. The van der Waals surface area contributed by atoms with Crippen molar-refractivity contribution in [3.63, 3.8) is 0 Å². The molecule has 25 heavy (non-hydrogen) atoms. The Morgan fingerprint density at radius 3 is 2.32 bits per heavy atom. The SMILES string of the molecule is CCOC(=O)C(C)[C@H](N)Cc1ccc(-c2cccc(Cl)c2)cc1.CCl. The molecule has 0 spiro atoms. The summed E-state index contributed by atoms with van der Waals surface area (Å²) in [5, 5.41) is 0.719. The molecular weight excluding hydrogens is 357 g/mol. The fraction of sp³-hybridized carbons (Fsp3) is 0.350. The van der Waals surface area contributed by atoms with Crippen LogP contribution in [0.2, 0.25) is 5.02 Å². The van der Waals surface area contributed by atoms with Crippen LogP contribution in [0.4, 0.5) is 0 Å². The van der Waals surface area contributed by atoms with Gasteiger partial charge < -0.3 is 10.5 Å². The molecule has 2 aromatic rings. The van der Waals surface area contributed by atoms with Crippen molar-refractivity contribution in [3.8, 4) is 11.1 Å². The summed E-state index contributed by atoms with van der Waals surface area (Å²) in [6, 6.07) is 15.7. The summed E-state index contributed by atoms with van der Waals surface area (Å²) < 4.78 is 5.02. The van der Waals surface area contributed by atoms with Gasteiger partial charge in [0.2, 0.25) is 0 Å². The summed E-state index contributed by atoms with van der Waals surface area (Å²) in [5.74, 6) is -0.557. The highest BCUT2D eigenvalue weighted by molar-refractivity contribution is 6.30. The average molecular weight is 382 g/mol. The summed E-state index contributed by atoms with van der Waals surface area (Å²) in [6.07, 6.45) is 2.11. The first-order chi connectivity index (χ1) is 12.0. The number of ether oxygens (including phenoxy) is 1. The Morgan fingerprint density at radius 1 is 1.12 bits per heavy atom. The monoisotopic (exact) mass is 381 g/mol. The Bertz CT molecular complexity index is 659. The van der Waals surface area contributed by atoms with Crippen LogP contribution in [0.25, 0.3) is 11.1 Å². The van der Waals surface area contributed by atoms with Gasteiger partial charge in [-0.05, 0) is 42.2 Å². The zero-order valence-corrected chi connectivity index (χ0v) is 16.3. The molecule has 0 aliphatic heterocycles. The largest absolute Gasteiger partial charge is 0.466 e. The molecular formula is C20H25Cl2NO2. The molecule has 0 amide bonds. The Balaban J connectivity index is 0.00000151. The van der Waals surface area contributed by atoms with Crippen LogP contribution in [0.5, 0.6) is 0 Å². The number of alkyl halides is 1. The number of carbonyl (C=O) groups is 1. The van der Waals surface area contributed by atoms with Crippen molar-refractivity contribution in [1.29, 1.82) is 0 Å². The molecule has 0 bridgehead atoms. The molecule has 2 aromatic carbocycles. The third-order valence-corrected chi connectivity index (χ3v) is 4.12. The van der Waals surface area contributed by atoms with Gasteiger partial charge in [0.05, 0.1) is 12.5 Å². The number of hydrogen-bond acceptors (Lipinski definition) is 3. The van der Waals surface area contributed by atoms with E-state index in [1.807, 2.05) is 55.5 Å². The minimum Gasteiger partial charge on any atom is -0.466 e. The lowest BCUT2D eigenvalue weighted by molar-refractivity contribution is -0.148. The maximum Gasteiger partial charge on any atom is 0.310 e. The Labute approximate surface area is 160 Å². The van der Waals surface area contributed by atoms with Crippen LogP contribution in [0.1, 0.15) is 19.4 Å². The van der Waals surface area contributed by atoms with Crippen LogP contribution in [0, 0.1) is 5.92 Å². The normalized spacial score (nSPS) is 12.6. The van der Waals surface area contributed by atoms with Crippen LogP contribution in [-0.4, -0.2) is 25.0 Å². The van der Waals surface area contributed by atoms with Gasteiger partial charge in [0.15, 0.2) is 0 Å². The lowest BCUT2D eigenvalue weighted by Crippen LogP contribution is -2.36. The van der Waals surface area contributed by atoms with E-state index in [1.165, 1.54) is 6.38 Å². The number of hydrogen-bond donors (Lipinski definition) is 1. The topological polar surface area (TPSA) is 52.3 Å². The smallest absolute Gasteiger partial charge is 0.310 e. The van der Waals surface area contributed by atoms with E-state index in [2.05, 4.69) is 11.6 Å².